The number of hydrogen-bond acceptors (Lipinski definition) is 4. The van der Waals surface area contributed by atoms with Crippen LogP contribution in [0.4, 0.5) is 5.82 Å². The highest BCUT2D eigenvalue weighted by Gasteiger charge is 2.13. The van der Waals surface area contributed by atoms with E-state index >= 15 is 0 Å². The maximum atomic E-state index is 5.99. The summed E-state index contributed by atoms with van der Waals surface area (Å²) < 4.78 is 0.989. The molecule has 0 unspecified atom stereocenters. The van der Waals surface area contributed by atoms with E-state index in [2.05, 4.69) is 59.4 Å². The molecule has 2 heterocycles. The molecule has 0 aliphatic carbocycles. The minimum atomic E-state index is 0.590. The van der Waals surface area contributed by atoms with Crippen molar-refractivity contribution in [3.05, 3.63) is 25.1 Å². The van der Waals surface area contributed by atoms with Crippen molar-refractivity contribution in [3.8, 4) is 11.4 Å². The van der Waals surface area contributed by atoms with Crippen molar-refractivity contribution >= 4 is 39.7 Å². The largest absolute Gasteiger partial charge is 0.383 e. The van der Waals surface area contributed by atoms with Gasteiger partial charge in [0.25, 0.3) is 0 Å². The summed E-state index contributed by atoms with van der Waals surface area (Å²) in [6, 6.07) is 2.14. The maximum absolute atomic E-state index is 5.99. The number of thiophene rings is 1. The molecule has 2 aromatic rings. The van der Waals surface area contributed by atoms with Crippen LogP contribution in [0.15, 0.2) is 6.07 Å². The SMILES string of the molecule is CCCc1nc(-c2cc(C)sc2C)nc(N)c1I. The Bertz CT molecular complexity index is 578. The summed E-state index contributed by atoms with van der Waals surface area (Å²) in [5.74, 6) is 1.35. The second-order valence-corrected chi connectivity index (χ2v) is 6.81. The van der Waals surface area contributed by atoms with E-state index in [-0.39, 0.29) is 0 Å². The molecular weight excluding hydrogens is 357 g/mol. The lowest BCUT2D eigenvalue weighted by Gasteiger charge is -2.08. The van der Waals surface area contributed by atoms with Gasteiger partial charge in [-0.05, 0) is 48.9 Å². The first-order chi connectivity index (χ1) is 8.52. The maximum Gasteiger partial charge on any atom is 0.162 e. The van der Waals surface area contributed by atoms with E-state index in [0.29, 0.717) is 5.82 Å². The lowest BCUT2D eigenvalue weighted by atomic mass is 10.2. The summed E-state index contributed by atoms with van der Waals surface area (Å²) in [7, 11) is 0. The molecule has 0 radical (unpaired) electrons. The van der Waals surface area contributed by atoms with Crippen LogP contribution >= 0.6 is 33.9 Å². The zero-order valence-corrected chi connectivity index (χ0v) is 13.7. The van der Waals surface area contributed by atoms with Crippen molar-refractivity contribution in [2.45, 2.75) is 33.6 Å². The summed E-state index contributed by atoms with van der Waals surface area (Å²) in [5, 5.41) is 0. The van der Waals surface area contributed by atoms with E-state index < -0.39 is 0 Å². The summed E-state index contributed by atoms with van der Waals surface area (Å²) in [5.41, 5.74) is 8.16. The predicted molar refractivity (Wildman–Crippen MR) is 85.9 cm³/mol. The van der Waals surface area contributed by atoms with E-state index in [9.17, 15) is 0 Å². The number of nitrogens with zero attached hydrogens (tertiary/aromatic N) is 2. The molecule has 0 spiro atoms. The number of anilines is 1. The number of rotatable bonds is 3. The fraction of sp³-hybridized carbons (Fsp3) is 0.385. The molecule has 0 fully saturated rings. The molecule has 2 rings (SSSR count). The zero-order chi connectivity index (χ0) is 13.3. The normalized spacial score (nSPS) is 10.9. The Morgan fingerprint density at radius 3 is 2.61 bits per heavy atom. The first kappa shape index (κ1) is 13.7. The van der Waals surface area contributed by atoms with Crippen LogP contribution < -0.4 is 5.73 Å². The summed E-state index contributed by atoms with van der Waals surface area (Å²) in [6.45, 7) is 6.35. The molecule has 18 heavy (non-hydrogen) atoms. The van der Waals surface area contributed by atoms with Crippen LogP contribution in [-0.2, 0) is 6.42 Å². The predicted octanol–water partition coefficient (Wildman–Crippen LogP) is 3.96. The van der Waals surface area contributed by atoms with Gasteiger partial charge in [0, 0.05) is 15.3 Å². The Labute approximate surface area is 125 Å². The number of aryl methyl sites for hydroxylation is 3. The van der Waals surface area contributed by atoms with Crippen molar-refractivity contribution < 1.29 is 0 Å². The molecule has 0 aromatic carbocycles. The van der Waals surface area contributed by atoms with Gasteiger partial charge in [-0.15, -0.1) is 11.3 Å². The highest BCUT2D eigenvalue weighted by molar-refractivity contribution is 14.1. The molecule has 5 heteroatoms. The van der Waals surface area contributed by atoms with E-state index in [1.54, 1.807) is 11.3 Å². The first-order valence-electron chi connectivity index (χ1n) is 5.92. The van der Waals surface area contributed by atoms with Crippen molar-refractivity contribution in [2.75, 3.05) is 5.73 Å². The number of halogens is 1. The quantitative estimate of drug-likeness (QED) is 0.829. The smallest absolute Gasteiger partial charge is 0.162 e. The fourth-order valence-electron chi connectivity index (χ4n) is 1.89. The van der Waals surface area contributed by atoms with Crippen LogP contribution in [0.1, 0.15) is 28.8 Å². The molecular formula is C13H16IN3S. The first-order valence-corrected chi connectivity index (χ1v) is 7.81. The highest BCUT2D eigenvalue weighted by Crippen LogP contribution is 2.30. The number of hydrogen-bond donors (Lipinski definition) is 1. The Morgan fingerprint density at radius 1 is 1.33 bits per heavy atom. The van der Waals surface area contributed by atoms with Crippen LogP contribution in [0.5, 0.6) is 0 Å². The van der Waals surface area contributed by atoms with Crippen LogP contribution in [0.25, 0.3) is 11.4 Å². The second kappa shape index (κ2) is 5.52. The van der Waals surface area contributed by atoms with E-state index in [1.165, 1.54) is 9.75 Å². The van der Waals surface area contributed by atoms with E-state index in [4.69, 9.17) is 5.73 Å². The molecule has 96 valence electrons. The fourth-order valence-corrected chi connectivity index (χ4v) is 3.32. The molecule has 0 saturated heterocycles. The third kappa shape index (κ3) is 2.66. The lowest BCUT2D eigenvalue weighted by molar-refractivity contribution is 0.869. The van der Waals surface area contributed by atoms with Gasteiger partial charge in [-0.3, -0.25) is 0 Å². The third-order valence-corrected chi connectivity index (χ3v) is 4.86. The van der Waals surface area contributed by atoms with Crippen molar-refractivity contribution in [1.82, 2.24) is 9.97 Å². The minimum absolute atomic E-state index is 0.590. The van der Waals surface area contributed by atoms with E-state index in [0.717, 1.165) is 33.5 Å². The van der Waals surface area contributed by atoms with Gasteiger partial charge >= 0.3 is 0 Å². The number of nitrogens with two attached hydrogens (primary N) is 1. The molecule has 2 N–H and O–H groups in total. The third-order valence-electron chi connectivity index (χ3n) is 2.71. The molecule has 0 atom stereocenters. The molecule has 0 aliphatic rings. The lowest BCUT2D eigenvalue weighted by Crippen LogP contribution is -2.05. The molecule has 0 bridgehead atoms. The van der Waals surface area contributed by atoms with Crippen LogP contribution in [0.2, 0.25) is 0 Å². The average molecular weight is 373 g/mol. The van der Waals surface area contributed by atoms with Gasteiger partial charge in [0.2, 0.25) is 0 Å². The zero-order valence-electron chi connectivity index (χ0n) is 10.7. The van der Waals surface area contributed by atoms with Crippen molar-refractivity contribution in [1.29, 1.82) is 0 Å². The highest BCUT2D eigenvalue weighted by atomic mass is 127. The monoisotopic (exact) mass is 373 g/mol. The number of aromatic nitrogens is 2. The van der Waals surface area contributed by atoms with Crippen LogP contribution in [0.3, 0.4) is 0 Å². The van der Waals surface area contributed by atoms with Crippen LogP contribution in [0, 0.1) is 17.4 Å². The van der Waals surface area contributed by atoms with Gasteiger partial charge in [-0.2, -0.15) is 0 Å². The Kier molecular flexibility index (Phi) is 4.21. The molecule has 0 aliphatic heterocycles. The summed E-state index contributed by atoms with van der Waals surface area (Å²) in [4.78, 5) is 11.6. The Hall–Kier alpha value is -0.690. The minimum Gasteiger partial charge on any atom is -0.383 e. The number of nitrogen functional groups attached to an aromatic ring is 1. The second-order valence-electron chi connectivity index (χ2n) is 4.27. The standard InChI is InChI=1S/C13H16IN3S/c1-4-5-10-11(14)12(15)17-13(16-10)9-6-7(2)18-8(9)3/h6H,4-5H2,1-3H3,(H2,15,16,17). The topological polar surface area (TPSA) is 51.8 Å². The Balaban J connectivity index is 2.55. The van der Waals surface area contributed by atoms with Crippen molar-refractivity contribution in [2.24, 2.45) is 0 Å². The Morgan fingerprint density at radius 2 is 2.06 bits per heavy atom. The van der Waals surface area contributed by atoms with Gasteiger partial charge in [0.15, 0.2) is 5.82 Å². The van der Waals surface area contributed by atoms with Gasteiger partial charge in [-0.1, -0.05) is 13.3 Å². The van der Waals surface area contributed by atoms with Gasteiger partial charge in [0.05, 0.1) is 9.26 Å². The summed E-state index contributed by atoms with van der Waals surface area (Å²) >= 11 is 4.00. The van der Waals surface area contributed by atoms with Gasteiger partial charge in [-0.25, -0.2) is 9.97 Å². The van der Waals surface area contributed by atoms with Gasteiger partial charge < -0.3 is 5.73 Å². The summed E-state index contributed by atoms with van der Waals surface area (Å²) in [6.07, 6.45) is 2.01. The van der Waals surface area contributed by atoms with Crippen LogP contribution in [-0.4, -0.2) is 9.97 Å². The van der Waals surface area contributed by atoms with Crippen molar-refractivity contribution in [3.63, 3.8) is 0 Å². The molecule has 0 saturated carbocycles. The van der Waals surface area contributed by atoms with Gasteiger partial charge in [0.1, 0.15) is 5.82 Å². The molecule has 3 nitrogen and oxygen atoms in total. The average Bonchev–Trinajstić information content (AvgIpc) is 2.64. The van der Waals surface area contributed by atoms with E-state index in [1.807, 2.05) is 0 Å². The molecule has 0 amide bonds. The molecule has 2 aromatic heterocycles.